The van der Waals surface area contributed by atoms with Crippen molar-refractivity contribution in [3.05, 3.63) is 24.3 Å². The Bertz CT molecular complexity index is 354. The van der Waals surface area contributed by atoms with Gasteiger partial charge in [0.1, 0.15) is 0 Å². The molecule has 0 amide bonds. The monoisotopic (exact) mass is 408 g/mol. The molecule has 0 heterocycles. The van der Waals surface area contributed by atoms with E-state index in [1.807, 2.05) is 0 Å². The number of alkyl halides is 2. The summed E-state index contributed by atoms with van der Waals surface area (Å²) in [5.41, 5.74) is 0. The van der Waals surface area contributed by atoms with E-state index in [0.29, 0.717) is 6.84 Å². The highest BCUT2D eigenvalue weighted by Crippen LogP contribution is 2.87. The third-order valence-corrected chi connectivity index (χ3v) is 11.4. The van der Waals surface area contributed by atoms with Crippen molar-refractivity contribution >= 4 is 45.2 Å². The number of halogens is 2. The van der Waals surface area contributed by atoms with Crippen LogP contribution in [0.15, 0.2) is 24.3 Å². The minimum absolute atomic E-state index is 0.597. The molecule has 0 radical (unpaired) electrons. The van der Waals surface area contributed by atoms with Gasteiger partial charge >= 0.3 is 0 Å². The highest BCUT2D eigenvalue weighted by atomic mass is 127. The van der Waals surface area contributed by atoms with Gasteiger partial charge in [-0.25, -0.2) is 0 Å². The molecule has 4 unspecified atom stereocenters. The van der Waals surface area contributed by atoms with Gasteiger partial charge in [-0.2, -0.15) is 0 Å². The predicted molar refractivity (Wildman–Crippen MR) is 72.7 cm³/mol. The molecule has 0 N–H and O–H groups in total. The molecule has 4 fully saturated rings. The summed E-state index contributed by atoms with van der Waals surface area (Å²) in [4.78, 5) is 0. The molecule has 0 aromatic rings. The van der Waals surface area contributed by atoms with Gasteiger partial charge in [0.05, 0.1) is 6.84 Å². The normalized spacial score (nSPS) is 78.7. The topological polar surface area (TPSA) is 0 Å². The number of rotatable bonds is 0. The maximum absolute atomic E-state index is 2.83. The zero-order chi connectivity index (χ0) is 9.29. The lowest BCUT2D eigenvalue weighted by Gasteiger charge is -2.45. The molecule has 0 nitrogen and oxygen atoms in total. The largest absolute Gasteiger partial charge is 0.0834 e. The lowest BCUT2D eigenvalue weighted by Crippen LogP contribution is -2.50. The van der Waals surface area contributed by atoms with Crippen LogP contribution in [0.5, 0.6) is 0 Å². The molecule has 6 rings (SSSR count). The molecule has 6 aliphatic rings. The summed E-state index contributed by atoms with van der Waals surface area (Å²) >= 11 is 5.66. The van der Waals surface area contributed by atoms with Crippen molar-refractivity contribution in [1.82, 2.24) is 0 Å². The first-order valence-electron chi connectivity index (χ1n) is 5.45. The fourth-order valence-corrected chi connectivity index (χ4v) is 9.47. The van der Waals surface area contributed by atoms with Gasteiger partial charge in [-0.1, -0.05) is 69.5 Å². The molecular formula is C12H10I2. The second-order valence-electron chi connectivity index (χ2n) is 5.56. The summed E-state index contributed by atoms with van der Waals surface area (Å²) < 4.78 is 1.19. The first-order chi connectivity index (χ1) is 6.70. The van der Waals surface area contributed by atoms with Crippen LogP contribution >= 0.6 is 45.2 Å². The van der Waals surface area contributed by atoms with Crippen molar-refractivity contribution < 1.29 is 0 Å². The lowest BCUT2D eigenvalue weighted by atomic mass is 9.76. The zero-order valence-electron chi connectivity index (χ0n) is 7.53. The van der Waals surface area contributed by atoms with E-state index >= 15 is 0 Å². The summed E-state index contributed by atoms with van der Waals surface area (Å²) in [7, 11) is 0. The van der Waals surface area contributed by atoms with Crippen LogP contribution in [0.4, 0.5) is 0 Å². The summed E-state index contributed by atoms with van der Waals surface area (Å²) in [5, 5.41) is 0. The van der Waals surface area contributed by atoms with E-state index in [1.54, 1.807) is 0 Å². The Morgan fingerprint density at radius 1 is 0.643 bits per heavy atom. The zero-order valence-corrected chi connectivity index (χ0v) is 11.8. The molecule has 6 aliphatic carbocycles. The van der Waals surface area contributed by atoms with Gasteiger partial charge in [0.2, 0.25) is 0 Å². The SMILES string of the molecule is IC12C3C=CC4C3C3C1C=CC3C42I. The quantitative estimate of drug-likeness (QED) is 0.328. The minimum atomic E-state index is 0.597. The summed E-state index contributed by atoms with van der Waals surface area (Å²) in [6.07, 6.45) is 10.2. The smallest absolute Gasteiger partial charge is 0.0510 e. The van der Waals surface area contributed by atoms with Gasteiger partial charge in [0.15, 0.2) is 0 Å². The van der Waals surface area contributed by atoms with Gasteiger partial charge in [-0.15, -0.1) is 0 Å². The minimum Gasteiger partial charge on any atom is -0.0834 e. The van der Waals surface area contributed by atoms with E-state index in [1.165, 1.54) is 0 Å². The number of hydrogen-bond donors (Lipinski definition) is 0. The van der Waals surface area contributed by atoms with Crippen LogP contribution in [-0.4, -0.2) is 6.84 Å². The Balaban J connectivity index is 1.95. The predicted octanol–water partition coefficient (Wildman–Crippen LogP) is 3.21. The van der Waals surface area contributed by atoms with Crippen LogP contribution in [0.3, 0.4) is 0 Å². The fourth-order valence-electron chi connectivity index (χ4n) is 5.54. The fraction of sp³-hybridized carbons (Fsp3) is 0.667. The Hall–Kier alpha value is 0.940. The molecule has 0 saturated heterocycles. The van der Waals surface area contributed by atoms with Crippen molar-refractivity contribution in [2.75, 3.05) is 0 Å². The summed E-state index contributed by atoms with van der Waals surface area (Å²) in [6, 6.07) is 0. The van der Waals surface area contributed by atoms with Gasteiger partial charge in [0.25, 0.3) is 0 Å². The third-order valence-electron chi connectivity index (χ3n) is 5.68. The van der Waals surface area contributed by atoms with Gasteiger partial charge in [-0.3, -0.25) is 0 Å². The first kappa shape index (κ1) is 8.09. The standard InChI is InChI=1S/C12H10I2/c13-11-5-1-2-6-9(5)10-7(11)3-4-8(10)12(6,11)14/h1-10H. The molecule has 4 saturated carbocycles. The van der Waals surface area contributed by atoms with Crippen LogP contribution in [0.1, 0.15) is 0 Å². The second-order valence-corrected chi connectivity index (χ2v) is 9.13. The average Bonchev–Trinajstić information content (AvgIpc) is 2.82. The molecule has 2 heteroatoms. The van der Waals surface area contributed by atoms with Crippen molar-refractivity contribution in [3.8, 4) is 0 Å². The van der Waals surface area contributed by atoms with Crippen molar-refractivity contribution in [1.29, 1.82) is 0 Å². The van der Waals surface area contributed by atoms with Crippen LogP contribution in [-0.2, 0) is 0 Å². The van der Waals surface area contributed by atoms with Crippen molar-refractivity contribution in [2.24, 2.45) is 35.5 Å². The molecule has 0 aromatic heterocycles. The van der Waals surface area contributed by atoms with E-state index in [-0.39, 0.29) is 0 Å². The Morgan fingerprint density at radius 3 is 1.21 bits per heavy atom. The maximum atomic E-state index is 2.83. The summed E-state index contributed by atoms with van der Waals surface area (Å²) in [6.45, 7) is 0. The van der Waals surface area contributed by atoms with Crippen LogP contribution in [0.25, 0.3) is 0 Å². The molecule has 0 aliphatic heterocycles. The third kappa shape index (κ3) is 0.451. The Labute approximate surface area is 111 Å². The number of allylic oxidation sites excluding steroid dienone is 4. The lowest BCUT2D eigenvalue weighted by molar-refractivity contribution is 0.343. The van der Waals surface area contributed by atoms with Crippen LogP contribution < -0.4 is 0 Å². The van der Waals surface area contributed by atoms with E-state index in [0.717, 1.165) is 35.5 Å². The molecule has 0 spiro atoms. The summed E-state index contributed by atoms with van der Waals surface area (Å²) in [5.74, 6) is 5.72. The van der Waals surface area contributed by atoms with E-state index < -0.39 is 0 Å². The Morgan fingerprint density at radius 2 is 0.929 bits per heavy atom. The highest BCUT2D eigenvalue weighted by molar-refractivity contribution is 14.1. The second kappa shape index (κ2) is 1.91. The van der Waals surface area contributed by atoms with Gasteiger partial charge < -0.3 is 0 Å². The van der Waals surface area contributed by atoms with E-state index in [4.69, 9.17) is 0 Å². The molecule has 72 valence electrons. The molecule has 4 atom stereocenters. The molecule has 0 aromatic carbocycles. The van der Waals surface area contributed by atoms with Crippen molar-refractivity contribution in [3.63, 3.8) is 0 Å². The van der Waals surface area contributed by atoms with Crippen LogP contribution in [0.2, 0.25) is 0 Å². The molecule has 8 bridgehead atoms. The van der Waals surface area contributed by atoms with Gasteiger partial charge in [0, 0.05) is 0 Å². The van der Waals surface area contributed by atoms with E-state index in [9.17, 15) is 0 Å². The molecular weight excluding hydrogens is 398 g/mol. The maximum Gasteiger partial charge on any atom is 0.0510 e. The number of hydrogen-bond acceptors (Lipinski definition) is 0. The molecule has 14 heavy (non-hydrogen) atoms. The first-order valence-corrected chi connectivity index (χ1v) is 7.61. The van der Waals surface area contributed by atoms with Crippen LogP contribution in [0, 0.1) is 35.5 Å². The highest BCUT2D eigenvalue weighted by Gasteiger charge is 2.87. The van der Waals surface area contributed by atoms with Crippen molar-refractivity contribution in [2.45, 2.75) is 6.84 Å². The Kier molecular flexibility index (Phi) is 1.11. The average molecular weight is 408 g/mol. The van der Waals surface area contributed by atoms with E-state index in [2.05, 4.69) is 69.5 Å². The van der Waals surface area contributed by atoms with Gasteiger partial charge in [-0.05, 0) is 35.5 Å².